The third-order valence-electron chi connectivity index (χ3n) is 5.10. The number of nitrogens with zero attached hydrogens (tertiary/aromatic N) is 3. The predicted octanol–water partition coefficient (Wildman–Crippen LogP) is 4.28. The molecule has 1 N–H and O–H groups in total. The highest BCUT2D eigenvalue weighted by atomic mass is 19.1. The smallest absolute Gasteiger partial charge is 0.227 e. The summed E-state index contributed by atoms with van der Waals surface area (Å²) in [6.07, 6.45) is 2.80. The van der Waals surface area contributed by atoms with Gasteiger partial charge in [0.25, 0.3) is 0 Å². The van der Waals surface area contributed by atoms with Gasteiger partial charge in [-0.2, -0.15) is 0 Å². The summed E-state index contributed by atoms with van der Waals surface area (Å²) in [7, 11) is 0. The highest BCUT2D eigenvalue weighted by Gasteiger charge is 2.26. The van der Waals surface area contributed by atoms with Crippen molar-refractivity contribution in [3.63, 3.8) is 0 Å². The second-order valence-electron chi connectivity index (χ2n) is 7.00. The van der Waals surface area contributed by atoms with Crippen LogP contribution in [0.1, 0.15) is 12.8 Å². The van der Waals surface area contributed by atoms with Crippen molar-refractivity contribution in [3.05, 3.63) is 72.6 Å². The van der Waals surface area contributed by atoms with Gasteiger partial charge in [0.15, 0.2) is 0 Å². The van der Waals surface area contributed by atoms with E-state index in [2.05, 4.69) is 20.2 Å². The lowest BCUT2D eigenvalue weighted by Crippen LogP contribution is -2.38. The topological polar surface area (TPSA) is 58.1 Å². The van der Waals surface area contributed by atoms with Gasteiger partial charge in [0, 0.05) is 36.7 Å². The van der Waals surface area contributed by atoms with Crippen LogP contribution in [0.4, 0.5) is 20.3 Å². The van der Waals surface area contributed by atoms with Gasteiger partial charge in [0.2, 0.25) is 5.91 Å². The molecule has 0 spiro atoms. The first-order valence-electron chi connectivity index (χ1n) is 9.48. The Kier molecular flexibility index (Phi) is 5.46. The molecule has 1 fully saturated rings. The molecular weight excluding hydrogens is 374 g/mol. The summed E-state index contributed by atoms with van der Waals surface area (Å²) in [5.74, 6) is -1.10. The zero-order valence-corrected chi connectivity index (χ0v) is 15.7. The number of hydrogen-bond acceptors (Lipinski definition) is 4. The fourth-order valence-electron chi connectivity index (χ4n) is 3.48. The molecule has 2 aromatic carbocycles. The summed E-state index contributed by atoms with van der Waals surface area (Å²) in [6.45, 7) is 1.32. The average molecular weight is 394 g/mol. The van der Waals surface area contributed by atoms with Crippen LogP contribution in [0.25, 0.3) is 11.3 Å². The van der Waals surface area contributed by atoms with E-state index < -0.39 is 11.6 Å². The summed E-state index contributed by atoms with van der Waals surface area (Å²) in [4.78, 5) is 23.3. The van der Waals surface area contributed by atoms with Gasteiger partial charge in [-0.05, 0) is 25.0 Å². The Balaban J connectivity index is 1.39. The molecule has 0 bridgehead atoms. The number of hydrogen-bond donors (Lipinski definition) is 1. The monoisotopic (exact) mass is 394 g/mol. The lowest BCUT2D eigenvalue weighted by atomic mass is 9.95. The van der Waals surface area contributed by atoms with E-state index in [9.17, 15) is 13.6 Å². The Bertz CT molecular complexity index is 1000. The molecule has 0 aliphatic carbocycles. The van der Waals surface area contributed by atoms with E-state index in [0.717, 1.165) is 29.2 Å². The standard InChI is InChI=1S/C22H20F2N4O/c23-17-6-7-19(18(24)12-17)27-22(29)16-8-10-28(11-9-16)21-13-20(25-14-26-21)15-4-2-1-3-5-15/h1-7,12-14,16H,8-11H2,(H,27,29). The number of nitrogens with one attached hydrogen (secondary N) is 1. The molecule has 29 heavy (non-hydrogen) atoms. The molecule has 148 valence electrons. The van der Waals surface area contributed by atoms with Crippen molar-refractivity contribution >= 4 is 17.4 Å². The minimum absolute atomic E-state index is 0.00197. The third kappa shape index (κ3) is 4.39. The fourth-order valence-corrected chi connectivity index (χ4v) is 3.48. The summed E-state index contributed by atoms with van der Waals surface area (Å²) in [5, 5.41) is 2.57. The first-order chi connectivity index (χ1) is 14.1. The Morgan fingerprint density at radius 1 is 1.00 bits per heavy atom. The highest BCUT2D eigenvalue weighted by Crippen LogP contribution is 2.26. The Labute approximate surface area is 167 Å². The van der Waals surface area contributed by atoms with Crippen LogP contribution in [-0.2, 0) is 4.79 Å². The third-order valence-corrected chi connectivity index (χ3v) is 5.10. The van der Waals surface area contributed by atoms with Crippen molar-refractivity contribution in [1.29, 1.82) is 0 Å². The minimum atomic E-state index is -0.773. The van der Waals surface area contributed by atoms with E-state index in [1.54, 1.807) is 6.33 Å². The van der Waals surface area contributed by atoms with Crippen LogP contribution in [0.2, 0.25) is 0 Å². The van der Waals surface area contributed by atoms with Gasteiger partial charge < -0.3 is 10.2 Å². The van der Waals surface area contributed by atoms with Crippen molar-refractivity contribution in [1.82, 2.24) is 9.97 Å². The van der Waals surface area contributed by atoms with Gasteiger partial charge in [0.05, 0.1) is 11.4 Å². The van der Waals surface area contributed by atoms with Crippen LogP contribution in [0.15, 0.2) is 60.9 Å². The maximum atomic E-state index is 13.8. The first kappa shape index (κ1) is 19.0. The van der Waals surface area contributed by atoms with Crippen molar-refractivity contribution in [3.8, 4) is 11.3 Å². The van der Waals surface area contributed by atoms with Crippen molar-refractivity contribution in [2.45, 2.75) is 12.8 Å². The van der Waals surface area contributed by atoms with Crippen LogP contribution in [0, 0.1) is 17.6 Å². The molecule has 3 aromatic rings. The normalized spacial score (nSPS) is 14.6. The number of rotatable bonds is 4. The maximum absolute atomic E-state index is 13.8. The largest absolute Gasteiger partial charge is 0.356 e. The molecule has 4 rings (SSSR count). The minimum Gasteiger partial charge on any atom is -0.356 e. The molecule has 0 atom stereocenters. The van der Waals surface area contributed by atoms with Gasteiger partial charge in [-0.1, -0.05) is 30.3 Å². The molecular formula is C22H20F2N4O. The molecule has 0 unspecified atom stereocenters. The predicted molar refractivity (Wildman–Crippen MR) is 107 cm³/mol. The molecule has 1 aliphatic heterocycles. The first-order valence-corrected chi connectivity index (χ1v) is 9.48. The van der Waals surface area contributed by atoms with E-state index in [1.165, 1.54) is 6.07 Å². The number of benzene rings is 2. The molecule has 1 saturated heterocycles. The molecule has 0 radical (unpaired) electrons. The second kappa shape index (κ2) is 8.34. The molecule has 1 aromatic heterocycles. The average Bonchev–Trinajstić information content (AvgIpc) is 2.76. The number of halogens is 2. The van der Waals surface area contributed by atoms with E-state index in [-0.39, 0.29) is 17.5 Å². The quantitative estimate of drug-likeness (QED) is 0.718. The van der Waals surface area contributed by atoms with Crippen molar-refractivity contribution in [2.24, 2.45) is 5.92 Å². The number of carbonyl (C=O) groups excluding carboxylic acids is 1. The number of anilines is 2. The number of amides is 1. The van der Waals surface area contributed by atoms with Crippen LogP contribution < -0.4 is 10.2 Å². The van der Waals surface area contributed by atoms with E-state index in [4.69, 9.17) is 0 Å². The van der Waals surface area contributed by atoms with Gasteiger partial charge in [0.1, 0.15) is 23.8 Å². The van der Waals surface area contributed by atoms with Crippen molar-refractivity contribution in [2.75, 3.05) is 23.3 Å². The zero-order valence-electron chi connectivity index (χ0n) is 15.7. The summed E-state index contributed by atoms with van der Waals surface area (Å²) >= 11 is 0. The van der Waals surface area contributed by atoms with Crippen LogP contribution in [0.5, 0.6) is 0 Å². The zero-order chi connectivity index (χ0) is 20.2. The molecule has 1 aliphatic rings. The van der Waals surface area contributed by atoms with Crippen LogP contribution in [-0.4, -0.2) is 29.0 Å². The Hall–Kier alpha value is -3.35. The summed E-state index contributed by atoms with van der Waals surface area (Å²) in [6, 6.07) is 15.0. The van der Waals surface area contributed by atoms with E-state index in [1.807, 2.05) is 36.4 Å². The Morgan fingerprint density at radius 3 is 2.48 bits per heavy atom. The van der Waals surface area contributed by atoms with Crippen LogP contribution in [0.3, 0.4) is 0 Å². The fraction of sp³-hybridized carbons (Fsp3) is 0.227. The van der Waals surface area contributed by atoms with E-state index in [0.29, 0.717) is 25.9 Å². The lowest BCUT2D eigenvalue weighted by Gasteiger charge is -2.32. The Morgan fingerprint density at radius 2 is 1.76 bits per heavy atom. The molecule has 7 heteroatoms. The SMILES string of the molecule is O=C(Nc1ccc(F)cc1F)C1CCN(c2cc(-c3ccccc3)ncn2)CC1. The maximum Gasteiger partial charge on any atom is 0.227 e. The van der Waals surface area contributed by atoms with Crippen molar-refractivity contribution < 1.29 is 13.6 Å². The molecule has 1 amide bonds. The highest BCUT2D eigenvalue weighted by molar-refractivity contribution is 5.92. The van der Waals surface area contributed by atoms with Crippen LogP contribution >= 0.6 is 0 Å². The molecule has 0 saturated carbocycles. The van der Waals surface area contributed by atoms with Gasteiger partial charge in [-0.3, -0.25) is 4.79 Å². The van der Waals surface area contributed by atoms with Gasteiger partial charge >= 0.3 is 0 Å². The molecule has 2 heterocycles. The number of carbonyl (C=O) groups is 1. The van der Waals surface area contributed by atoms with Gasteiger partial charge in [-0.25, -0.2) is 18.7 Å². The van der Waals surface area contributed by atoms with Gasteiger partial charge in [-0.15, -0.1) is 0 Å². The van der Waals surface area contributed by atoms with E-state index >= 15 is 0 Å². The summed E-state index contributed by atoms with van der Waals surface area (Å²) < 4.78 is 26.8. The second-order valence-corrected chi connectivity index (χ2v) is 7.00. The summed E-state index contributed by atoms with van der Waals surface area (Å²) in [5.41, 5.74) is 1.87. The lowest BCUT2D eigenvalue weighted by molar-refractivity contribution is -0.120. The number of aromatic nitrogens is 2. The molecule has 5 nitrogen and oxygen atoms in total. The number of piperidine rings is 1.